The number of nitrogens with two attached hydrogens (primary N) is 1. The summed E-state index contributed by atoms with van der Waals surface area (Å²) in [6.07, 6.45) is -15.9. The molecule has 0 aromatic heterocycles. The molecule has 4 aliphatic heterocycles. The largest absolute Gasteiger partial charge is 0.390 e. The van der Waals surface area contributed by atoms with Crippen LogP contribution in [0.15, 0.2) is 10.2 Å². The molecule has 20 atom stereocenters. The third kappa shape index (κ3) is 18.7. The van der Waals surface area contributed by atoms with Gasteiger partial charge in [0, 0.05) is 41.1 Å². The first-order chi connectivity index (χ1) is 30.5. The molecule has 4 fully saturated rings. The minimum atomic E-state index is -1.32. The molecule has 0 aliphatic carbocycles. The lowest BCUT2D eigenvalue weighted by Crippen LogP contribution is -2.58. The van der Waals surface area contributed by atoms with Crippen molar-refractivity contribution in [1.29, 1.82) is 0 Å². The fraction of sp³-hybridized carbons (Fsp3) is 1.00. The molecule has 4 heterocycles. The quantitative estimate of drug-likeness (QED) is 0.0225. The number of hydrogen-bond acceptors (Lipinski definition) is 23. The van der Waals surface area contributed by atoms with Gasteiger partial charge in [-0.25, -0.2) is 0 Å². The maximum Gasteiger partial charge on any atom is 0.186 e. The summed E-state index contributed by atoms with van der Waals surface area (Å²) in [5.74, 6) is 0.182. The molecule has 0 aromatic carbocycles. The molecule has 4 rings (SSSR count). The number of aliphatic hydroxyl groups excluding tert-OH is 11. The highest BCUT2D eigenvalue weighted by Gasteiger charge is 2.46. The van der Waals surface area contributed by atoms with Crippen molar-refractivity contribution in [3.63, 3.8) is 0 Å². The van der Waals surface area contributed by atoms with Gasteiger partial charge in [0.2, 0.25) is 0 Å². The number of ether oxygens (including phenoxy) is 8. The Morgan fingerprint density at radius 1 is 0.469 bits per heavy atom. The Hall–Kier alpha value is -1.83. The summed E-state index contributed by atoms with van der Waals surface area (Å²) < 4.78 is 42.3. The van der Waals surface area contributed by atoms with E-state index < -0.39 is 117 Å². The summed E-state index contributed by atoms with van der Waals surface area (Å²) in [5.41, 5.74) is 21.4. The second-order valence-electron chi connectivity index (χ2n) is 15.0. The third-order valence-corrected chi connectivity index (χ3v) is 10.7. The summed E-state index contributed by atoms with van der Waals surface area (Å²) in [6, 6.07) is 0. The predicted octanol–water partition coefficient (Wildman–Crippen LogP) is -2.33. The summed E-state index contributed by atoms with van der Waals surface area (Å²) in [7, 11) is 0. The monoisotopic (exact) mass is 951 g/mol. The van der Waals surface area contributed by atoms with Gasteiger partial charge in [-0.15, -0.1) is 0 Å². The Bertz CT molecular complexity index is 1230. The number of azide groups is 2. The molecule has 0 aromatic rings. The van der Waals surface area contributed by atoms with E-state index in [0.29, 0.717) is 44.6 Å². The summed E-state index contributed by atoms with van der Waals surface area (Å²) in [6.45, 7) is 10.6. The highest BCUT2D eigenvalue weighted by atomic mass is 32.1. The number of thiol groups is 1. The first-order valence-electron chi connectivity index (χ1n) is 21.4. The average molecular weight is 952 g/mol. The van der Waals surface area contributed by atoms with E-state index in [2.05, 4.69) is 32.7 Å². The summed E-state index contributed by atoms with van der Waals surface area (Å²) in [4.78, 5) is 5.16. The second kappa shape index (κ2) is 32.8. The molecule has 0 radical (unpaired) electrons. The molecule has 0 bridgehead atoms. The lowest BCUT2D eigenvalue weighted by atomic mass is 9.91. The second-order valence-corrected chi connectivity index (χ2v) is 15.4. The first-order valence-corrected chi connectivity index (χ1v) is 22.0. The number of nitrogens with zero attached hydrogens (tertiary/aromatic N) is 6. The minimum absolute atomic E-state index is 0.0744. The summed E-state index contributed by atoms with van der Waals surface area (Å²) >= 11 is 3.96. The molecule has 26 nitrogen and oxygen atoms in total. The molecule has 64 heavy (non-hydrogen) atoms. The van der Waals surface area contributed by atoms with Gasteiger partial charge < -0.3 is 99.8 Å². The Balaban J connectivity index is 0.000000427. The Labute approximate surface area is 377 Å². The van der Waals surface area contributed by atoms with Crippen LogP contribution in [0.1, 0.15) is 60.3 Å². The van der Waals surface area contributed by atoms with Crippen LogP contribution >= 0.6 is 12.6 Å². The van der Waals surface area contributed by atoms with Crippen molar-refractivity contribution in [2.24, 2.45) is 21.9 Å². The van der Waals surface area contributed by atoms with Crippen molar-refractivity contribution < 1.29 is 94.1 Å². The molecular weight excluding hydrogens is 879 g/mol. The molecule has 0 amide bonds. The highest BCUT2D eigenvalue weighted by molar-refractivity contribution is 7.80. The van der Waals surface area contributed by atoms with E-state index in [9.17, 15) is 56.2 Å². The minimum Gasteiger partial charge on any atom is -0.390 e. The molecule has 0 saturated carbocycles. The molecule has 27 heteroatoms. The van der Waals surface area contributed by atoms with Gasteiger partial charge >= 0.3 is 0 Å². The van der Waals surface area contributed by atoms with Crippen molar-refractivity contribution in [2.45, 2.75) is 177 Å². The van der Waals surface area contributed by atoms with Gasteiger partial charge in [0.05, 0.1) is 56.9 Å². The van der Waals surface area contributed by atoms with Crippen LogP contribution in [0.3, 0.4) is 0 Å². The third-order valence-electron chi connectivity index (χ3n) is 10.5. The zero-order chi connectivity index (χ0) is 48.5. The van der Waals surface area contributed by atoms with Gasteiger partial charge in [-0.3, -0.25) is 0 Å². The predicted molar refractivity (Wildman–Crippen MR) is 226 cm³/mol. The van der Waals surface area contributed by atoms with Crippen LogP contribution in [0, 0.1) is 5.92 Å². The van der Waals surface area contributed by atoms with Crippen LogP contribution in [0.2, 0.25) is 0 Å². The van der Waals surface area contributed by atoms with E-state index in [1.807, 2.05) is 20.8 Å². The van der Waals surface area contributed by atoms with E-state index >= 15 is 0 Å². The van der Waals surface area contributed by atoms with Crippen LogP contribution in [0.5, 0.6) is 0 Å². The van der Waals surface area contributed by atoms with Crippen LogP contribution < -0.4 is 5.73 Å². The van der Waals surface area contributed by atoms with Crippen molar-refractivity contribution in [1.82, 2.24) is 0 Å². The SMILES string of the molecule is CCC1OC(OCCN)C(O)C(O)C1O.CCC1OC(OCCN=[N+]=[N-])C(C)C(O)C1O.CCC1OC(OCCN=[N+]=[N-])C(O)C(O)C1O.CCC1OC(OCCS)C(O)C(O)C1O. The van der Waals surface area contributed by atoms with Crippen molar-refractivity contribution in [2.75, 3.05) is 51.8 Å². The van der Waals surface area contributed by atoms with E-state index in [0.717, 1.165) is 0 Å². The average Bonchev–Trinajstić information content (AvgIpc) is 3.30. The van der Waals surface area contributed by atoms with Crippen LogP contribution in [0.25, 0.3) is 20.9 Å². The van der Waals surface area contributed by atoms with Crippen molar-refractivity contribution in [3.8, 4) is 0 Å². The zero-order valence-electron chi connectivity index (χ0n) is 36.9. The maximum atomic E-state index is 9.83. The van der Waals surface area contributed by atoms with Gasteiger partial charge in [-0.1, -0.05) is 44.8 Å². The number of hydrogen-bond donors (Lipinski definition) is 13. The van der Waals surface area contributed by atoms with E-state index in [1.54, 1.807) is 13.8 Å². The van der Waals surface area contributed by atoms with Gasteiger partial charge in [0.25, 0.3) is 0 Å². The highest BCUT2D eigenvalue weighted by Crippen LogP contribution is 2.29. The van der Waals surface area contributed by atoms with Crippen molar-refractivity contribution in [3.05, 3.63) is 20.9 Å². The molecule has 4 aliphatic rings. The van der Waals surface area contributed by atoms with Gasteiger partial charge in [0.1, 0.15) is 61.0 Å². The standard InChI is InChI=1S/C10H19N3O4.C9H17N3O5.C9H19NO5.C9H18O5S/c1-3-7-9(15)8(14)6(2)10(17-7)16-5-4-12-13-11;1-2-5-6(13)7(14)8(15)9(17-5)16-4-3-11-12-10;1-2-5-6(11)7(12)8(13)9(15-5)14-4-3-10;1-2-5-6(10)7(11)8(12)9(14-5)13-3-4-15/h6-10,14-15H,3-5H2,1-2H3;5-9,13-15H,2-4H2,1H3;5-9,11-13H,2-4,10H2,1H3;5-12,15H,2-4H2,1H3. The number of rotatable bonds is 18. The Kier molecular flexibility index (Phi) is 30.8. The van der Waals surface area contributed by atoms with E-state index in [-0.39, 0.29) is 38.8 Å². The van der Waals surface area contributed by atoms with Gasteiger partial charge in [-0.2, -0.15) is 12.6 Å². The Morgan fingerprint density at radius 2 is 0.766 bits per heavy atom. The maximum absolute atomic E-state index is 9.83. The molecule has 20 unspecified atom stereocenters. The lowest BCUT2D eigenvalue weighted by molar-refractivity contribution is -0.296. The normalized spacial score (nSPS) is 39.5. The van der Waals surface area contributed by atoms with Crippen molar-refractivity contribution >= 4 is 12.6 Å². The smallest absolute Gasteiger partial charge is 0.186 e. The molecule has 376 valence electrons. The van der Waals surface area contributed by atoms with Crippen LogP contribution in [-0.4, -0.2) is 225 Å². The topological polar surface area (TPSA) is 420 Å². The van der Waals surface area contributed by atoms with E-state index in [4.69, 9.17) is 54.7 Å². The van der Waals surface area contributed by atoms with E-state index in [1.165, 1.54) is 0 Å². The van der Waals surface area contributed by atoms with Gasteiger partial charge in [-0.05, 0) is 36.7 Å². The Morgan fingerprint density at radius 3 is 1.08 bits per heavy atom. The lowest BCUT2D eigenvalue weighted by Gasteiger charge is -2.41. The fourth-order valence-electron chi connectivity index (χ4n) is 6.63. The van der Waals surface area contributed by atoms with Gasteiger partial charge in [0.15, 0.2) is 25.2 Å². The molecule has 0 spiro atoms. The van der Waals surface area contributed by atoms with Crippen LogP contribution in [-0.2, 0) is 37.9 Å². The molecular formula is C37H73N7O19S. The summed E-state index contributed by atoms with van der Waals surface area (Å²) in [5, 5.41) is 112. The first kappa shape index (κ1) is 60.2. The fourth-order valence-corrected chi connectivity index (χ4v) is 6.74. The number of aliphatic hydroxyl groups is 11. The van der Waals surface area contributed by atoms with Crippen LogP contribution in [0.4, 0.5) is 0 Å². The molecule has 13 N–H and O–H groups in total. The zero-order valence-corrected chi connectivity index (χ0v) is 37.8. The molecule has 4 saturated heterocycles.